The molecule has 4 aromatic rings. The van der Waals surface area contributed by atoms with Crippen molar-refractivity contribution in [2.24, 2.45) is 0 Å². The van der Waals surface area contributed by atoms with Crippen molar-refractivity contribution >= 4 is 28.6 Å². The minimum atomic E-state index is -1.20. The molecule has 1 amide bonds. The summed E-state index contributed by atoms with van der Waals surface area (Å²) in [7, 11) is 0. The highest BCUT2D eigenvalue weighted by atomic mass is 16.4. The van der Waals surface area contributed by atoms with Gasteiger partial charge in [-0.1, -0.05) is 38.1 Å². The predicted molar refractivity (Wildman–Crippen MR) is 137 cm³/mol. The summed E-state index contributed by atoms with van der Waals surface area (Å²) in [5, 5.41) is 22.3. The van der Waals surface area contributed by atoms with Crippen LogP contribution in [-0.2, 0) is 11.2 Å². The number of ketones is 1. The third-order valence-corrected chi connectivity index (χ3v) is 5.44. The molecule has 1 unspecified atom stereocenters. The van der Waals surface area contributed by atoms with Gasteiger partial charge in [0.15, 0.2) is 5.78 Å². The van der Waals surface area contributed by atoms with E-state index in [1.54, 1.807) is 48.8 Å². The van der Waals surface area contributed by atoms with Crippen LogP contribution in [-0.4, -0.2) is 43.9 Å². The fraction of sp³-hybridized carbons (Fsp3) is 0.179. The lowest BCUT2D eigenvalue weighted by Crippen LogP contribution is -2.41. The van der Waals surface area contributed by atoms with Crippen LogP contribution in [0.15, 0.2) is 73.1 Å². The number of nitrogens with one attached hydrogen (secondary N) is 1. The SMILES string of the molecule is CC.CC(=O)C(Cc1ccc(O)cc1)NC(=O)c1cc(C(=O)O)c2cc(-c3cccnc3)ccc2n1. The van der Waals surface area contributed by atoms with Gasteiger partial charge in [-0.3, -0.25) is 14.6 Å². The van der Waals surface area contributed by atoms with Crippen LogP contribution in [0.5, 0.6) is 5.75 Å². The summed E-state index contributed by atoms with van der Waals surface area (Å²) >= 11 is 0. The molecule has 2 aromatic carbocycles. The van der Waals surface area contributed by atoms with Gasteiger partial charge in [-0.05, 0) is 60.9 Å². The second-order valence-corrected chi connectivity index (χ2v) is 7.84. The van der Waals surface area contributed by atoms with Crippen molar-refractivity contribution in [3.8, 4) is 16.9 Å². The molecule has 2 heterocycles. The van der Waals surface area contributed by atoms with Gasteiger partial charge in [0, 0.05) is 23.3 Å². The second kappa shape index (κ2) is 11.7. The first-order valence-electron chi connectivity index (χ1n) is 11.5. The van der Waals surface area contributed by atoms with Crippen LogP contribution in [0, 0.1) is 0 Å². The molecule has 4 rings (SSSR count). The van der Waals surface area contributed by atoms with Crippen molar-refractivity contribution in [3.63, 3.8) is 0 Å². The Labute approximate surface area is 208 Å². The quantitative estimate of drug-likeness (QED) is 0.347. The number of fused-ring (bicyclic) bond motifs is 1. The van der Waals surface area contributed by atoms with Crippen LogP contribution in [0.2, 0.25) is 0 Å². The predicted octanol–water partition coefficient (Wildman–Crippen LogP) is 4.66. The van der Waals surface area contributed by atoms with Crippen molar-refractivity contribution in [2.45, 2.75) is 33.2 Å². The third kappa shape index (κ3) is 6.09. The van der Waals surface area contributed by atoms with E-state index in [9.17, 15) is 24.6 Å². The Bertz CT molecular complexity index is 1390. The zero-order valence-electron chi connectivity index (χ0n) is 20.2. The first-order chi connectivity index (χ1) is 17.3. The highest BCUT2D eigenvalue weighted by molar-refractivity contribution is 6.07. The summed E-state index contributed by atoms with van der Waals surface area (Å²) in [4.78, 5) is 45.5. The molecule has 0 aliphatic rings. The van der Waals surface area contributed by atoms with Gasteiger partial charge < -0.3 is 15.5 Å². The van der Waals surface area contributed by atoms with E-state index in [1.165, 1.54) is 25.1 Å². The lowest BCUT2D eigenvalue weighted by atomic mass is 10.0. The zero-order chi connectivity index (χ0) is 26.2. The van der Waals surface area contributed by atoms with Crippen molar-refractivity contribution in [1.29, 1.82) is 0 Å². The van der Waals surface area contributed by atoms with Crippen LogP contribution >= 0.6 is 0 Å². The molecular formula is C28H27N3O5. The molecule has 2 aromatic heterocycles. The van der Waals surface area contributed by atoms with E-state index < -0.39 is 17.9 Å². The normalized spacial score (nSPS) is 11.2. The number of amides is 1. The van der Waals surface area contributed by atoms with Gasteiger partial charge in [0.05, 0.1) is 17.1 Å². The van der Waals surface area contributed by atoms with E-state index >= 15 is 0 Å². The van der Waals surface area contributed by atoms with Gasteiger partial charge in [0.2, 0.25) is 0 Å². The lowest BCUT2D eigenvalue weighted by molar-refractivity contribution is -0.118. The standard InChI is InChI=1S/C26H21N3O5.C2H6/c1-15(30)23(11-16-4-7-19(31)8-5-16)29-25(32)24-13-21(26(33)34)20-12-17(6-9-22(20)28-24)18-3-2-10-27-14-18;1-2/h2-10,12-14,23,31H,11H2,1H3,(H,29,32)(H,33,34);1-2H3. The Morgan fingerprint density at radius 3 is 2.31 bits per heavy atom. The van der Waals surface area contributed by atoms with Gasteiger partial charge in [0.1, 0.15) is 11.4 Å². The Morgan fingerprint density at radius 2 is 1.69 bits per heavy atom. The highest BCUT2D eigenvalue weighted by Gasteiger charge is 2.22. The Kier molecular flexibility index (Phi) is 8.46. The molecule has 0 saturated heterocycles. The summed E-state index contributed by atoms with van der Waals surface area (Å²) in [6.07, 6.45) is 3.54. The number of carboxylic acids is 1. The van der Waals surface area contributed by atoms with Crippen molar-refractivity contribution < 1.29 is 24.6 Å². The summed E-state index contributed by atoms with van der Waals surface area (Å²) < 4.78 is 0. The molecule has 0 bridgehead atoms. The molecule has 1 atom stereocenters. The summed E-state index contributed by atoms with van der Waals surface area (Å²) in [5.74, 6) is -2.01. The first-order valence-corrected chi connectivity index (χ1v) is 11.5. The third-order valence-electron chi connectivity index (χ3n) is 5.44. The molecule has 8 nitrogen and oxygen atoms in total. The number of phenols is 1. The second-order valence-electron chi connectivity index (χ2n) is 7.84. The van der Waals surface area contributed by atoms with Crippen LogP contribution in [0.3, 0.4) is 0 Å². The van der Waals surface area contributed by atoms with Crippen molar-refractivity contribution in [2.75, 3.05) is 0 Å². The molecule has 8 heteroatoms. The number of carbonyl (C=O) groups is 3. The van der Waals surface area contributed by atoms with Crippen molar-refractivity contribution in [1.82, 2.24) is 15.3 Å². The molecule has 0 fully saturated rings. The number of aromatic hydroxyl groups is 1. The molecule has 36 heavy (non-hydrogen) atoms. The lowest BCUT2D eigenvalue weighted by Gasteiger charge is -2.16. The number of benzene rings is 2. The molecule has 0 radical (unpaired) electrons. The smallest absolute Gasteiger partial charge is 0.336 e. The highest BCUT2D eigenvalue weighted by Crippen LogP contribution is 2.26. The number of aromatic nitrogens is 2. The summed E-state index contributed by atoms with van der Waals surface area (Å²) in [5.41, 5.74) is 2.51. The molecule has 0 aliphatic heterocycles. The van der Waals surface area contributed by atoms with E-state index in [2.05, 4.69) is 15.3 Å². The number of hydrogen-bond donors (Lipinski definition) is 3. The maximum atomic E-state index is 12.9. The number of Topliss-reactive ketones (excluding diaryl/α,β-unsaturated/α-hetero) is 1. The molecule has 0 aliphatic carbocycles. The average molecular weight is 486 g/mol. The van der Waals surface area contributed by atoms with E-state index in [-0.39, 0.29) is 29.2 Å². The van der Waals surface area contributed by atoms with Gasteiger partial charge in [-0.25, -0.2) is 9.78 Å². The fourth-order valence-corrected chi connectivity index (χ4v) is 3.63. The molecule has 184 valence electrons. The molecule has 0 saturated carbocycles. The Hall–Kier alpha value is -4.59. The number of hydrogen-bond acceptors (Lipinski definition) is 6. The number of carboxylic acid groups (broad SMARTS) is 1. The molecular weight excluding hydrogens is 458 g/mol. The molecule has 3 N–H and O–H groups in total. The minimum absolute atomic E-state index is 0.0706. The largest absolute Gasteiger partial charge is 0.508 e. The fourth-order valence-electron chi connectivity index (χ4n) is 3.63. The topological polar surface area (TPSA) is 129 Å². The summed E-state index contributed by atoms with van der Waals surface area (Å²) in [6, 6.07) is 15.5. The van der Waals surface area contributed by atoms with Gasteiger partial charge in [0.25, 0.3) is 5.91 Å². The van der Waals surface area contributed by atoms with Crippen LogP contribution in [0.1, 0.15) is 47.2 Å². The van der Waals surface area contributed by atoms with E-state index in [4.69, 9.17) is 0 Å². The van der Waals surface area contributed by atoms with Crippen LogP contribution < -0.4 is 5.32 Å². The summed E-state index contributed by atoms with van der Waals surface area (Å²) in [6.45, 7) is 5.36. The van der Waals surface area contributed by atoms with E-state index in [0.717, 1.165) is 16.7 Å². The number of phenolic OH excluding ortho intramolecular Hbond substituents is 1. The first kappa shape index (κ1) is 26.0. The van der Waals surface area contributed by atoms with Crippen LogP contribution in [0.25, 0.3) is 22.0 Å². The van der Waals surface area contributed by atoms with E-state index in [1.807, 2.05) is 19.9 Å². The van der Waals surface area contributed by atoms with Gasteiger partial charge in [-0.2, -0.15) is 0 Å². The number of rotatable bonds is 7. The average Bonchev–Trinajstić information content (AvgIpc) is 2.90. The number of pyridine rings is 2. The molecule has 0 spiro atoms. The Morgan fingerprint density at radius 1 is 0.972 bits per heavy atom. The number of nitrogens with zero attached hydrogens (tertiary/aromatic N) is 2. The number of aromatic carboxylic acids is 1. The number of carbonyl (C=O) groups excluding carboxylic acids is 2. The van der Waals surface area contributed by atoms with Gasteiger partial charge >= 0.3 is 5.97 Å². The Balaban J connectivity index is 0.00000176. The minimum Gasteiger partial charge on any atom is -0.508 e. The zero-order valence-corrected chi connectivity index (χ0v) is 20.2. The maximum absolute atomic E-state index is 12.9. The van der Waals surface area contributed by atoms with E-state index in [0.29, 0.717) is 10.9 Å². The monoisotopic (exact) mass is 485 g/mol. The van der Waals surface area contributed by atoms with Gasteiger partial charge in [-0.15, -0.1) is 0 Å². The maximum Gasteiger partial charge on any atom is 0.336 e. The van der Waals surface area contributed by atoms with Crippen molar-refractivity contribution in [3.05, 3.63) is 89.9 Å². The van der Waals surface area contributed by atoms with Crippen LogP contribution in [0.4, 0.5) is 0 Å².